The number of rotatable bonds is 3. The maximum atomic E-state index is 11.5. The normalized spacial score (nSPS) is 9.92. The van der Waals surface area contributed by atoms with E-state index in [-0.39, 0.29) is 18.6 Å². The Morgan fingerprint density at radius 2 is 1.77 bits per heavy atom. The van der Waals surface area contributed by atoms with E-state index in [1.54, 1.807) is 14.1 Å². The van der Waals surface area contributed by atoms with Crippen LogP contribution in [0.4, 0.5) is 4.79 Å². The molecule has 0 saturated carbocycles. The van der Waals surface area contributed by atoms with E-state index in [2.05, 4.69) is 0 Å². The number of carbonyl (C=O) groups is 2. The summed E-state index contributed by atoms with van der Waals surface area (Å²) in [7, 11) is 3.28. The highest BCUT2D eigenvalue weighted by Gasteiger charge is 2.19. The Morgan fingerprint density at radius 3 is 2.00 bits per heavy atom. The second-order valence-electron chi connectivity index (χ2n) is 3.36. The molecule has 13 heavy (non-hydrogen) atoms. The van der Waals surface area contributed by atoms with Crippen molar-refractivity contribution >= 4 is 11.9 Å². The number of primary amides is 1. The molecule has 0 aromatic heterocycles. The van der Waals surface area contributed by atoms with Gasteiger partial charge in [0.25, 0.3) is 0 Å². The molecule has 0 radical (unpaired) electrons. The number of nitrogens with zero attached hydrogens (tertiary/aromatic N) is 2. The van der Waals surface area contributed by atoms with E-state index in [1.807, 2.05) is 13.8 Å². The summed E-state index contributed by atoms with van der Waals surface area (Å²) in [5.41, 5.74) is 5.02. The molecule has 2 N–H and O–H groups in total. The van der Waals surface area contributed by atoms with E-state index < -0.39 is 5.91 Å². The molecule has 0 saturated heterocycles. The van der Waals surface area contributed by atoms with E-state index in [0.717, 1.165) is 0 Å². The molecule has 0 bridgehead atoms. The van der Waals surface area contributed by atoms with E-state index in [1.165, 1.54) is 9.80 Å². The molecular formula is C8H17N3O2. The van der Waals surface area contributed by atoms with Gasteiger partial charge in [0.05, 0.1) is 0 Å². The van der Waals surface area contributed by atoms with Crippen LogP contribution in [0.15, 0.2) is 0 Å². The highest BCUT2D eigenvalue weighted by atomic mass is 16.2. The van der Waals surface area contributed by atoms with Gasteiger partial charge in [-0.15, -0.1) is 0 Å². The molecule has 3 amide bonds. The molecule has 0 fully saturated rings. The van der Waals surface area contributed by atoms with Gasteiger partial charge >= 0.3 is 6.03 Å². The van der Waals surface area contributed by atoms with Crippen molar-refractivity contribution in [1.29, 1.82) is 0 Å². The van der Waals surface area contributed by atoms with Crippen molar-refractivity contribution < 1.29 is 9.59 Å². The van der Waals surface area contributed by atoms with Crippen LogP contribution in [0.3, 0.4) is 0 Å². The quantitative estimate of drug-likeness (QED) is 0.668. The Kier molecular flexibility index (Phi) is 4.23. The van der Waals surface area contributed by atoms with Crippen LogP contribution in [0.5, 0.6) is 0 Å². The average Bonchev–Trinajstić information content (AvgIpc) is 1.97. The Balaban J connectivity index is 4.42. The van der Waals surface area contributed by atoms with Gasteiger partial charge in [0.2, 0.25) is 5.91 Å². The van der Waals surface area contributed by atoms with Gasteiger partial charge in [-0.05, 0) is 13.8 Å². The molecule has 0 aliphatic carbocycles. The summed E-state index contributed by atoms with van der Waals surface area (Å²) in [4.78, 5) is 25.0. The molecule has 0 unspecified atom stereocenters. The summed E-state index contributed by atoms with van der Waals surface area (Å²) in [6.07, 6.45) is 0. The maximum Gasteiger partial charge on any atom is 0.320 e. The van der Waals surface area contributed by atoms with Gasteiger partial charge < -0.3 is 15.5 Å². The first-order valence-electron chi connectivity index (χ1n) is 4.12. The van der Waals surface area contributed by atoms with Crippen LogP contribution in [0.25, 0.3) is 0 Å². The first-order valence-corrected chi connectivity index (χ1v) is 4.12. The second kappa shape index (κ2) is 4.69. The summed E-state index contributed by atoms with van der Waals surface area (Å²) >= 11 is 0. The zero-order valence-corrected chi connectivity index (χ0v) is 8.57. The number of hydrogen-bond donors (Lipinski definition) is 1. The van der Waals surface area contributed by atoms with E-state index in [0.29, 0.717) is 0 Å². The largest absolute Gasteiger partial charge is 0.368 e. The molecule has 76 valence electrons. The standard InChI is InChI=1S/C8H17N3O2/c1-6(2)11(5-7(9)12)8(13)10(3)4/h6H,5H2,1-4H3,(H2,9,12). The molecule has 5 nitrogen and oxygen atoms in total. The van der Waals surface area contributed by atoms with Crippen LogP contribution >= 0.6 is 0 Å². The number of amides is 3. The lowest BCUT2D eigenvalue weighted by atomic mass is 10.3. The summed E-state index contributed by atoms with van der Waals surface area (Å²) in [6.45, 7) is 3.64. The van der Waals surface area contributed by atoms with Crippen molar-refractivity contribution in [3.05, 3.63) is 0 Å². The third-order valence-corrected chi connectivity index (χ3v) is 1.58. The van der Waals surface area contributed by atoms with Crippen molar-refractivity contribution in [2.75, 3.05) is 20.6 Å². The van der Waals surface area contributed by atoms with Crippen molar-refractivity contribution in [2.45, 2.75) is 19.9 Å². The van der Waals surface area contributed by atoms with Crippen LogP contribution in [-0.4, -0.2) is 48.4 Å². The van der Waals surface area contributed by atoms with Crippen molar-refractivity contribution in [1.82, 2.24) is 9.80 Å². The Bertz CT molecular complexity index is 202. The Morgan fingerprint density at radius 1 is 1.31 bits per heavy atom. The van der Waals surface area contributed by atoms with Crippen molar-refractivity contribution in [2.24, 2.45) is 5.73 Å². The fourth-order valence-corrected chi connectivity index (χ4v) is 0.896. The van der Waals surface area contributed by atoms with E-state index in [9.17, 15) is 9.59 Å². The minimum atomic E-state index is -0.496. The fourth-order valence-electron chi connectivity index (χ4n) is 0.896. The lowest BCUT2D eigenvalue weighted by Gasteiger charge is -2.28. The molecule has 0 spiro atoms. The first kappa shape index (κ1) is 11.7. The third-order valence-electron chi connectivity index (χ3n) is 1.58. The zero-order valence-electron chi connectivity index (χ0n) is 8.57. The highest BCUT2D eigenvalue weighted by molar-refractivity contribution is 5.82. The van der Waals surface area contributed by atoms with Gasteiger partial charge in [0.15, 0.2) is 0 Å². The van der Waals surface area contributed by atoms with Gasteiger partial charge in [0.1, 0.15) is 6.54 Å². The molecule has 0 aliphatic heterocycles. The highest BCUT2D eigenvalue weighted by Crippen LogP contribution is 2.00. The van der Waals surface area contributed by atoms with E-state index >= 15 is 0 Å². The summed E-state index contributed by atoms with van der Waals surface area (Å²) in [6, 6.07) is -0.226. The average molecular weight is 187 g/mol. The molecule has 0 heterocycles. The second-order valence-corrected chi connectivity index (χ2v) is 3.36. The molecule has 0 rings (SSSR count). The zero-order chi connectivity index (χ0) is 10.6. The topological polar surface area (TPSA) is 66.6 Å². The van der Waals surface area contributed by atoms with Gasteiger partial charge in [0, 0.05) is 20.1 Å². The lowest BCUT2D eigenvalue weighted by molar-refractivity contribution is -0.119. The molecular weight excluding hydrogens is 170 g/mol. The molecule has 5 heteroatoms. The van der Waals surface area contributed by atoms with Gasteiger partial charge in [-0.3, -0.25) is 4.79 Å². The van der Waals surface area contributed by atoms with Crippen LogP contribution in [-0.2, 0) is 4.79 Å². The number of carbonyl (C=O) groups excluding carboxylic acids is 2. The van der Waals surface area contributed by atoms with Gasteiger partial charge in [-0.2, -0.15) is 0 Å². The van der Waals surface area contributed by atoms with Crippen molar-refractivity contribution in [3.63, 3.8) is 0 Å². The fraction of sp³-hybridized carbons (Fsp3) is 0.750. The van der Waals surface area contributed by atoms with E-state index in [4.69, 9.17) is 5.73 Å². The van der Waals surface area contributed by atoms with Crippen LogP contribution < -0.4 is 5.73 Å². The molecule has 0 aliphatic rings. The Hall–Kier alpha value is -1.26. The van der Waals surface area contributed by atoms with Gasteiger partial charge in [-0.25, -0.2) is 4.79 Å². The van der Waals surface area contributed by atoms with Crippen LogP contribution in [0, 0.1) is 0 Å². The molecule has 0 atom stereocenters. The van der Waals surface area contributed by atoms with Gasteiger partial charge in [-0.1, -0.05) is 0 Å². The number of hydrogen-bond acceptors (Lipinski definition) is 2. The predicted octanol–water partition coefficient (Wildman–Crippen LogP) is -0.136. The summed E-state index contributed by atoms with van der Waals surface area (Å²) in [5, 5.41) is 0. The first-order chi connectivity index (χ1) is 5.86. The number of urea groups is 1. The minimum Gasteiger partial charge on any atom is -0.368 e. The number of nitrogens with two attached hydrogens (primary N) is 1. The summed E-state index contributed by atoms with van der Waals surface area (Å²) in [5.74, 6) is -0.496. The third kappa shape index (κ3) is 3.78. The van der Waals surface area contributed by atoms with Crippen molar-refractivity contribution in [3.8, 4) is 0 Å². The van der Waals surface area contributed by atoms with Crippen LogP contribution in [0.1, 0.15) is 13.8 Å². The molecule has 0 aromatic rings. The monoisotopic (exact) mass is 187 g/mol. The SMILES string of the molecule is CC(C)N(CC(N)=O)C(=O)N(C)C. The predicted molar refractivity (Wildman–Crippen MR) is 50.1 cm³/mol. The lowest BCUT2D eigenvalue weighted by Crippen LogP contribution is -2.47. The maximum absolute atomic E-state index is 11.5. The summed E-state index contributed by atoms with van der Waals surface area (Å²) < 4.78 is 0. The minimum absolute atomic E-state index is 0.0256. The van der Waals surface area contributed by atoms with Crippen LogP contribution in [0.2, 0.25) is 0 Å². The smallest absolute Gasteiger partial charge is 0.320 e. The molecule has 0 aromatic carbocycles. The Labute approximate surface area is 78.5 Å².